The van der Waals surface area contributed by atoms with Crippen LogP contribution in [0.4, 0.5) is 5.69 Å². The van der Waals surface area contributed by atoms with Crippen LogP contribution in [0.5, 0.6) is 5.75 Å². The van der Waals surface area contributed by atoms with Gasteiger partial charge in [-0.2, -0.15) is 0 Å². The highest BCUT2D eigenvalue weighted by atomic mass is 16.3. The Morgan fingerprint density at radius 3 is 2.38 bits per heavy atom. The summed E-state index contributed by atoms with van der Waals surface area (Å²) in [7, 11) is 0. The molecule has 70 valence electrons. The summed E-state index contributed by atoms with van der Waals surface area (Å²) >= 11 is 0. The molecule has 3 nitrogen and oxygen atoms in total. The van der Waals surface area contributed by atoms with Gasteiger partial charge in [0.1, 0.15) is 5.75 Å². The lowest BCUT2D eigenvalue weighted by Gasteiger charge is -2.09. The van der Waals surface area contributed by atoms with Crippen molar-refractivity contribution in [3.63, 3.8) is 0 Å². The lowest BCUT2D eigenvalue weighted by atomic mass is 10.0. The van der Waals surface area contributed by atoms with E-state index in [0.29, 0.717) is 16.8 Å². The molecule has 0 aliphatic rings. The molecule has 0 aromatic heterocycles. The number of Topliss-reactive ketones (excluding diaryl/α,β-unsaturated/α-hetero) is 1. The van der Waals surface area contributed by atoms with Gasteiger partial charge < -0.3 is 10.8 Å². The lowest BCUT2D eigenvalue weighted by molar-refractivity contribution is 0.101. The quantitative estimate of drug-likeness (QED) is 0.392. The highest BCUT2D eigenvalue weighted by Crippen LogP contribution is 2.29. The van der Waals surface area contributed by atoms with E-state index in [-0.39, 0.29) is 11.5 Å². The first-order chi connectivity index (χ1) is 5.95. The Labute approximate surface area is 77.2 Å². The number of nitrogen functional groups attached to an aromatic ring is 1. The first-order valence-corrected chi connectivity index (χ1v) is 4.04. The number of phenols is 1. The van der Waals surface area contributed by atoms with Crippen LogP contribution in [0.3, 0.4) is 0 Å². The Bertz CT molecular complexity index is 370. The topological polar surface area (TPSA) is 63.3 Å². The van der Waals surface area contributed by atoms with Gasteiger partial charge in [-0.05, 0) is 38.0 Å². The summed E-state index contributed by atoms with van der Waals surface area (Å²) in [5.41, 5.74) is 7.99. The summed E-state index contributed by atoms with van der Waals surface area (Å²) in [6.45, 7) is 4.96. The zero-order valence-corrected chi connectivity index (χ0v) is 8.01. The molecule has 0 atom stereocenters. The van der Waals surface area contributed by atoms with E-state index in [1.54, 1.807) is 6.92 Å². The van der Waals surface area contributed by atoms with Crippen molar-refractivity contribution in [3.05, 3.63) is 22.8 Å². The number of benzene rings is 1. The molecule has 1 aromatic rings. The summed E-state index contributed by atoms with van der Waals surface area (Å²) in [6, 6.07) is 1.51. The second kappa shape index (κ2) is 3.09. The molecule has 0 aliphatic carbocycles. The average molecular weight is 179 g/mol. The molecule has 0 spiro atoms. The third-order valence-electron chi connectivity index (χ3n) is 2.28. The molecule has 3 N–H and O–H groups in total. The number of hydrogen-bond donors (Lipinski definition) is 2. The van der Waals surface area contributed by atoms with Crippen molar-refractivity contribution in [2.45, 2.75) is 20.8 Å². The van der Waals surface area contributed by atoms with E-state index in [0.717, 1.165) is 5.56 Å². The summed E-state index contributed by atoms with van der Waals surface area (Å²) < 4.78 is 0. The molecule has 0 saturated carbocycles. The van der Waals surface area contributed by atoms with E-state index < -0.39 is 0 Å². The van der Waals surface area contributed by atoms with Gasteiger partial charge in [0.2, 0.25) is 0 Å². The van der Waals surface area contributed by atoms with Crippen molar-refractivity contribution in [2.75, 3.05) is 5.73 Å². The van der Waals surface area contributed by atoms with Gasteiger partial charge in [0.05, 0.1) is 5.56 Å². The van der Waals surface area contributed by atoms with Crippen LogP contribution in [0.15, 0.2) is 6.07 Å². The SMILES string of the molecule is CC(=O)c1cc(N)c(C)c(C)c1O. The summed E-state index contributed by atoms with van der Waals surface area (Å²) in [5.74, 6) is -0.133. The van der Waals surface area contributed by atoms with Gasteiger partial charge in [-0.25, -0.2) is 0 Å². The fourth-order valence-corrected chi connectivity index (χ4v) is 1.20. The van der Waals surface area contributed by atoms with E-state index >= 15 is 0 Å². The molecule has 1 aromatic carbocycles. The van der Waals surface area contributed by atoms with E-state index in [1.165, 1.54) is 13.0 Å². The van der Waals surface area contributed by atoms with Gasteiger partial charge in [-0.1, -0.05) is 0 Å². The second-order valence-electron chi connectivity index (χ2n) is 3.17. The highest BCUT2D eigenvalue weighted by molar-refractivity contribution is 5.98. The Kier molecular flexibility index (Phi) is 2.28. The zero-order valence-electron chi connectivity index (χ0n) is 8.01. The Balaban J connectivity index is 3.50. The van der Waals surface area contributed by atoms with Crippen LogP contribution in [0.1, 0.15) is 28.4 Å². The predicted octanol–water partition coefficient (Wildman–Crippen LogP) is 1.79. The maximum Gasteiger partial charge on any atom is 0.163 e. The van der Waals surface area contributed by atoms with Gasteiger partial charge >= 0.3 is 0 Å². The van der Waals surface area contributed by atoms with Crippen LogP contribution in [-0.4, -0.2) is 10.9 Å². The average Bonchev–Trinajstić information content (AvgIpc) is 2.07. The number of carbonyl (C=O) groups excluding carboxylic acids is 1. The third-order valence-corrected chi connectivity index (χ3v) is 2.28. The van der Waals surface area contributed by atoms with Crippen LogP contribution in [0, 0.1) is 13.8 Å². The molecule has 0 fully saturated rings. The molecule has 0 bridgehead atoms. The molecule has 0 amide bonds. The van der Waals surface area contributed by atoms with Crippen molar-refractivity contribution in [2.24, 2.45) is 0 Å². The van der Waals surface area contributed by atoms with E-state index in [2.05, 4.69) is 0 Å². The molecular formula is C10H13NO2. The fourth-order valence-electron chi connectivity index (χ4n) is 1.20. The monoisotopic (exact) mass is 179 g/mol. The van der Waals surface area contributed by atoms with Crippen molar-refractivity contribution in [3.8, 4) is 5.75 Å². The number of hydrogen-bond acceptors (Lipinski definition) is 3. The maximum absolute atomic E-state index is 11.1. The number of phenolic OH excluding ortho intramolecular Hbond substituents is 1. The van der Waals surface area contributed by atoms with Crippen LogP contribution in [0.2, 0.25) is 0 Å². The minimum Gasteiger partial charge on any atom is -0.507 e. The van der Waals surface area contributed by atoms with Crippen LogP contribution < -0.4 is 5.73 Å². The Morgan fingerprint density at radius 1 is 1.38 bits per heavy atom. The van der Waals surface area contributed by atoms with Gasteiger partial charge in [-0.15, -0.1) is 0 Å². The number of nitrogens with two attached hydrogens (primary N) is 1. The lowest BCUT2D eigenvalue weighted by Crippen LogP contribution is -2.00. The molecule has 0 saturated heterocycles. The van der Waals surface area contributed by atoms with Crippen molar-refractivity contribution in [1.82, 2.24) is 0 Å². The third kappa shape index (κ3) is 1.49. The van der Waals surface area contributed by atoms with Crippen molar-refractivity contribution < 1.29 is 9.90 Å². The highest BCUT2D eigenvalue weighted by Gasteiger charge is 2.12. The maximum atomic E-state index is 11.1. The summed E-state index contributed by atoms with van der Waals surface area (Å²) in [6.07, 6.45) is 0. The van der Waals surface area contributed by atoms with Crippen LogP contribution >= 0.6 is 0 Å². The molecule has 13 heavy (non-hydrogen) atoms. The first-order valence-electron chi connectivity index (χ1n) is 4.04. The summed E-state index contributed by atoms with van der Waals surface area (Å²) in [5, 5.41) is 9.60. The molecule has 3 heteroatoms. The van der Waals surface area contributed by atoms with Crippen molar-refractivity contribution in [1.29, 1.82) is 0 Å². The van der Waals surface area contributed by atoms with Crippen LogP contribution in [-0.2, 0) is 0 Å². The molecule has 0 heterocycles. The Hall–Kier alpha value is -1.51. The van der Waals surface area contributed by atoms with E-state index in [9.17, 15) is 9.90 Å². The van der Waals surface area contributed by atoms with Gasteiger partial charge in [0.15, 0.2) is 5.78 Å². The smallest absolute Gasteiger partial charge is 0.163 e. The number of aromatic hydroxyl groups is 1. The minimum atomic E-state index is -0.174. The molecule has 0 radical (unpaired) electrons. The van der Waals surface area contributed by atoms with Gasteiger partial charge in [-0.3, -0.25) is 4.79 Å². The number of carbonyl (C=O) groups is 1. The number of anilines is 1. The minimum absolute atomic E-state index is 0.0409. The first kappa shape index (κ1) is 9.58. The number of ketones is 1. The largest absolute Gasteiger partial charge is 0.507 e. The van der Waals surface area contributed by atoms with Crippen molar-refractivity contribution >= 4 is 11.5 Å². The van der Waals surface area contributed by atoms with Gasteiger partial charge in [0, 0.05) is 5.69 Å². The molecule has 1 rings (SSSR count). The molecule has 0 aliphatic heterocycles. The van der Waals surface area contributed by atoms with E-state index in [1.807, 2.05) is 6.92 Å². The van der Waals surface area contributed by atoms with Crippen LogP contribution in [0.25, 0.3) is 0 Å². The number of rotatable bonds is 1. The normalized spacial score (nSPS) is 10.1. The fraction of sp³-hybridized carbons (Fsp3) is 0.300. The predicted molar refractivity (Wildman–Crippen MR) is 52.0 cm³/mol. The molecular weight excluding hydrogens is 166 g/mol. The molecule has 0 unspecified atom stereocenters. The van der Waals surface area contributed by atoms with Gasteiger partial charge in [0.25, 0.3) is 0 Å². The Morgan fingerprint density at radius 2 is 1.92 bits per heavy atom. The zero-order chi connectivity index (χ0) is 10.2. The van der Waals surface area contributed by atoms with E-state index in [4.69, 9.17) is 5.73 Å². The second-order valence-corrected chi connectivity index (χ2v) is 3.17. The summed E-state index contributed by atoms with van der Waals surface area (Å²) in [4.78, 5) is 11.1. The standard InChI is InChI=1S/C10H13NO2/c1-5-6(2)10(13)8(7(3)12)4-9(5)11/h4,13H,11H2,1-3H3.